The van der Waals surface area contributed by atoms with Crippen LogP contribution in [0.3, 0.4) is 0 Å². The topological polar surface area (TPSA) is 80.0 Å². The molecule has 0 bridgehead atoms. The fourth-order valence-corrected chi connectivity index (χ4v) is 1.64. The number of hydrogen-bond donors (Lipinski definition) is 2. The van der Waals surface area contributed by atoms with Gasteiger partial charge in [0, 0.05) is 12.1 Å². The third kappa shape index (κ3) is 3.93. The lowest BCUT2D eigenvalue weighted by molar-refractivity contribution is -0.122. The molecule has 0 spiro atoms. The second-order valence-corrected chi connectivity index (χ2v) is 3.99. The molecule has 102 valence electrons. The van der Waals surface area contributed by atoms with Crippen molar-refractivity contribution in [2.45, 2.75) is 13.1 Å². The molecule has 20 heavy (non-hydrogen) atoms. The Morgan fingerprint density at radius 3 is 3.00 bits per heavy atom. The lowest BCUT2D eigenvalue weighted by Crippen LogP contribution is -2.27. The van der Waals surface area contributed by atoms with Gasteiger partial charge >= 0.3 is 0 Å². The van der Waals surface area contributed by atoms with Crippen molar-refractivity contribution in [2.75, 3.05) is 6.61 Å². The van der Waals surface area contributed by atoms with E-state index in [2.05, 4.69) is 27.2 Å². The fraction of sp³-hybridized carbons (Fsp3) is 0.214. The van der Waals surface area contributed by atoms with Gasteiger partial charge in [-0.2, -0.15) is 5.10 Å². The van der Waals surface area contributed by atoms with Crippen molar-refractivity contribution in [2.24, 2.45) is 0 Å². The van der Waals surface area contributed by atoms with Gasteiger partial charge in [-0.25, -0.2) is 9.67 Å². The first-order chi connectivity index (χ1) is 9.79. The lowest BCUT2D eigenvalue weighted by Gasteiger charge is -2.07. The lowest BCUT2D eigenvalue weighted by atomic mass is 10.1. The van der Waals surface area contributed by atoms with Crippen LogP contribution in [0.25, 0.3) is 0 Å². The Labute approximate surface area is 116 Å². The van der Waals surface area contributed by atoms with Crippen LogP contribution in [0.2, 0.25) is 0 Å². The maximum absolute atomic E-state index is 11.7. The van der Waals surface area contributed by atoms with Gasteiger partial charge in [0.05, 0.1) is 0 Å². The molecule has 0 aliphatic rings. The molecule has 1 heterocycles. The molecule has 2 rings (SSSR count). The molecule has 1 amide bonds. The highest BCUT2D eigenvalue weighted by Crippen LogP contribution is 2.06. The van der Waals surface area contributed by atoms with Gasteiger partial charge in [-0.05, 0) is 11.6 Å². The van der Waals surface area contributed by atoms with Crippen molar-refractivity contribution in [3.05, 3.63) is 48.0 Å². The van der Waals surface area contributed by atoms with Crippen molar-refractivity contribution in [1.29, 1.82) is 0 Å². The monoisotopic (exact) mass is 270 g/mol. The zero-order valence-corrected chi connectivity index (χ0v) is 10.8. The number of amides is 1. The molecule has 0 saturated heterocycles. The van der Waals surface area contributed by atoms with Crippen LogP contribution in [0.4, 0.5) is 0 Å². The molecule has 2 aromatic rings. The van der Waals surface area contributed by atoms with Gasteiger partial charge in [0.2, 0.25) is 5.91 Å². The van der Waals surface area contributed by atoms with Crippen LogP contribution in [0.5, 0.6) is 0 Å². The molecule has 0 radical (unpaired) electrons. The molecule has 1 aromatic heterocycles. The number of rotatable bonds is 4. The van der Waals surface area contributed by atoms with Crippen LogP contribution in [0, 0.1) is 11.8 Å². The van der Waals surface area contributed by atoms with Crippen LogP contribution >= 0.6 is 0 Å². The number of nitrogens with one attached hydrogen (secondary N) is 1. The van der Waals surface area contributed by atoms with E-state index >= 15 is 0 Å². The van der Waals surface area contributed by atoms with E-state index in [0.29, 0.717) is 6.54 Å². The zero-order chi connectivity index (χ0) is 14.2. The second-order valence-electron chi connectivity index (χ2n) is 3.99. The van der Waals surface area contributed by atoms with E-state index in [0.717, 1.165) is 11.1 Å². The summed E-state index contributed by atoms with van der Waals surface area (Å²) in [6.45, 7) is 0.321. The largest absolute Gasteiger partial charge is 0.384 e. The second kappa shape index (κ2) is 7.07. The Kier molecular flexibility index (Phi) is 4.87. The number of hydrogen-bond acceptors (Lipinski definition) is 4. The van der Waals surface area contributed by atoms with Gasteiger partial charge < -0.3 is 10.4 Å². The number of benzene rings is 1. The van der Waals surface area contributed by atoms with Gasteiger partial charge in [-0.15, -0.1) is 0 Å². The summed E-state index contributed by atoms with van der Waals surface area (Å²) >= 11 is 0. The maximum Gasteiger partial charge on any atom is 0.242 e. The van der Waals surface area contributed by atoms with Crippen LogP contribution in [0.1, 0.15) is 11.1 Å². The highest BCUT2D eigenvalue weighted by molar-refractivity contribution is 5.75. The summed E-state index contributed by atoms with van der Waals surface area (Å²) in [5.74, 6) is 5.30. The van der Waals surface area contributed by atoms with Crippen molar-refractivity contribution in [3.8, 4) is 11.8 Å². The summed E-state index contributed by atoms with van der Waals surface area (Å²) in [5.41, 5.74) is 1.70. The molecular formula is C14H14N4O2. The molecule has 6 nitrogen and oxygen atoms in total. The number of aliphatic hydroxyl groups is 1. The Morgan fingerprint density at radius 2 is 2.25 bits per heavy atom. The standard InChI is InChI=1S/C14H14N4O2/c19-7-3-6-12-4-1-2-5-13(12)8-16-14(20)9-18-11-15-10-17-18/h1-2,4-5,10-11,19H,7-9H2,(H,16,20). The highest BCUT2D eigenvalue weighted by atomic mass is 16.2. The Balaban J connectivity index is 1.95. The minimum absolute atomic E-state index is 0.129. The molecule has 2 N–H and O–H groups in total. The third-order valence-electron chi connectivity index (χ3n) is 2.57. The summed E-state index contributed by atoms with van der Waals surface area (Å²) in [7, 11) is 0. The molecule has 0 atom stereocenters. The van der Waals surface area contributed by atoms with E-state index in [1.54, 1.807) is 0 Å². The van der Waals surface area contributed by atoms with E-state index < -0.39 is 0 Å². The van der Waals surface area contributed by atoms with Gasteiger partial charge in [0.1, 0.15) is 25.8 Å². The van der Waals surface area contributed by atoms with Crippen molar-refractivity contribution in [1.82, 2.24) is 20.1 Å². The molecule has 0 fully saturated rings. The minimum Gasteiger partial charge on any atom is -0.384 e. The number of nitrogens with zero attached hydrogens (tertiary/aromatic N) is 3. The molecule has 0 saturated carbocycles. The van der Waals surface area contributed by atoms with E-state index in [1.165, 1.54) is 17.3 Å². The molecule has 0 unspecified atom stereocenters. The van der Waals surface area contributed by atoms with E-state index in [9.17, 15) is 4.79 Å². The number of carbonyl (C=O) groups excluding carboxylic acids is 1. The summed E-state index contributed by atoms with van der Waals surface area (Å²) < 4.78 is 1.45. The van der Waals surface area contributed by atoms with E-state index in [4.69, 9.17) is 5.11 Å². The fourth-order valence-electron chi connectivity index (χ4n) is 1.64. The number of aromatic nitrogens is 3. The normalized spacial score (nSPS) is 9.65. The summed E-state index contributed by atoms with van der Waals surface area (Å²) in [4.78, 5) is 15.5. The zero-order valence-electron chi connectivity index (χ0n) is 10.8. The Bertz CT molecular complexity index is 626. The predicted octanol–water partition coefficient (Wildman–Crippen LogP) is -0.0617. The smallest absolute Gasteiger partial charge is 0.242 e. The van der Waals surface area contributed by atoms with Crippen molar-refractivity contribution < 1.29 is 9.90 Å². The van der Waals surface area contributed by atoms with Gasteiger partial charge in [0.25, 0.3) is 0 Å². The molecule has 6 heteroatoms. The first-order valence-corrected chi connectivity index (χ1v) is 6.06. The van der Waals surface area contributed by atoms with Crippen LogP contribution in [0.15, 0.2) is 36.9 Å². The van der Waals surface area contributed by atoms with Crippen LogP contribution in [-0.2, 0) is 17.9 Å². The first kappa shape index (κ1) is 13.8. The van der Waals surface area contributed by atoms with Gasteiger partial charge in [-0.3, -0.25) is 4.79 Å². The Morgan fingerprint density at radius 1 is 1.40 bits per heavy atom. The average Bonchev–Trinajstić information content (AvgIpc) is 2.96. The third-order valence-corrected chi connectivity index (χ3v) is 2.57. The summed E-state index contributed by atoms with van der Waals surface area (Å²) in [6.07, 6.45) is 2.87. The molecular weight excluding hydrogens is 256 g/mol. The van der Waals surface area contributed by atoms with Crippen molar-refractivity contribution in [3.63, 3.8) is 0 Å². The van der Waals surface area contributed by atoms with Crippen LogP contribution in [-0.4, -0.2) is 32.4 Å². The van der Waals surface area contributed by atoms with E-state index in [-0.39, 0.29) is 19.1 Å². The number of aliphatic hydroxyl groups excluding tert-OH is 1. The SMILES string of the molecule is O=C(Cn1cncn1)NCc1ccccc1C#CCO. The predicted molar refractivity (Wildman–Crippen MR) is 72.3 cm³/mol. The highest BCUT2D eigenvalue weighted by Gasteiger charge is 2.04. The first-order valence-electron chi connectivity index (χ1n) is 6.06. The Hall–Kier alpha value is -2.65. The van der Waals surface area contributed by atoms with Crippen molar-refractivity contribution >= 4 is 5.91 Å². The molecule has 1 aromatic carbocycles. The number of carbonyl (C=O) groups is 1. The summed E-state index contributed by atoms with van der Waals surface area (Å²) in [6, 6.07) is 7.48. The average molecular weight is 270 g/mol. The van der Waals surface area contributed by atoms with Crippen LogP contribution < -0.4 is 5.32 Å². The van der Waals surface area contributed by atoms with Gasteiger partial charge in [-0.1, -0.05) is 30.0 Å². The van der Waals surface area contributed by atoms with E-state index in [1.807, 2.05) is 24.3 Å². The van der Waals surface area contributed by atoms with Gasteiger partial charge in [0.15, 0.2) is 0 Å². The molecule has 0 aliphatic carbocycles. The maximum atomic E-state index is 11.7. The molecule has 0 aliphatic heterocycles. The quantitative estimate of drug-likeness (QED) is 0.763. The minimum atomic E-state index is -0.188. The summed E-state index contributed by atoms with van der Waals surface area (Å²) in [5, 5.41) is 15.4.